The zero-order chi connectivity index (χ0) is 24.3. The summed E-state index contributed by atoms with van der Waals surface area (Å²) in [6.07, 6.45) is 1.07. The largest absolute Gasteiger partial charge is 0.496 e. The Balaban J connectivity index is 1.67. The second kappa shape index (κ2) is 9.52. The molecular weight excluding hydrogens is 455 g/mol. The van der Waals surface area contributed by atoms with E-state index in [-0.39, 0.29) is 12.5 Å². The summed E-state index contributed by atoms with van der Waals surface area (Å²) in [6, 6.07) is 23.4. The van der Waals surface area contributed by atoms with E-state index in [0.29, 0.717) is 28.3 Å². The minimum absolute atomic E-state index is 0.0942. The van der Waals surface area contributed by atoms with Crippen LogP contribution in [0.15, 0.2) is 84.9 Å². The molecule has 4 rings (SSSR count). The second-order valence-electron chi connectivity index (χ2n) is 7.75. The Morgan fingerprint density at radius 1 is 0.971 bits per heavy atom. The normalized spacial score (nSPS) is 11.3. The van der Waals surface area contributed by atoms with E-state index < -0.39 is 15.8 Å². The van der Waals surface area contributed by atoms with Crippen LogP contribution in [0.3, 0.4) is 0 Å². The van der Waals surface area contributed by atoms with Crippen molar-refractivity contribution >= 4 is 38.1 Å². The Kier molecular flexibility index (Phi) is 6.51. The number of ether oxygens (including phenoxy) is 1. The molecule has 4 aromatic rings. The van der Waals surface area contributed by atoms with Gasteiger partial charge in [0, 0.05) is 22.2 Å². The molecule has 8 heteroatoms. The number of amides is 1. The molecule has 0 aromatic heterocycles. The molecule has 6 nitrogen and oxygen atoms in total. The monoisotopic (exact) mass is 478 g/mol. The summed E-state index contributed by atoms with van der Waals surface area (Å²) in [5, 5.41) is 4.84. The molecule has 0 spiro atoms. The van der Waals surface area contributed by atoms with E-state index in [4.69, 9.17) is 4.74 Å². The van der Waals surface area contributed by atoms with Crippen molar-refractivity contribution in [2.24, 2.45) is 0 Å². The Morgan fingerprint density at radius 3 is 2.38 bits per heavy atom. The van der Waals surface area contributed by atoms with Crippen LogP contribution >= 0.6 is 0 Å². The van der Waals surface area contributed by atoms with Gasteiger partial charge in [-0.1, -0.05) is 36.4 Å². The fourth-order valence-corrected chi connectivity index (χ4v) is 4.61. The number of anilines is 2. The van der Waals surface area contributed by atoms with Gasteiger partial charge in [-0.15, -0.1) is 0 Å². The Hall–Kier alpha value is -3.91. The molecule has 0 atom stereocenters. The minimum Gasteiger partial charge on any atom is -0.496 e. The van der Waals surface area contributed by atoms with Crippen LogP contribution in [-0.2, 0) is 16.6 Å². The van der Waals surface area contributed by atoms with E-state index >= 15 is 0 Å². The highest BCUT2D eigenvalue weighted by Crippen LogP contribution is 2.28. The second-order valence-corrected chi connectivity index (χ2v) is 9.66. The number of fused-ring (bicyclic) bond motifs is 1. The first-order chi connectivity index (χ1) is 16.3. The van der Waals surface area contributed by atoms with Crippen molar-refractivity contribution in [3.05, 3.63) is 102 Å². The number of sulfonamides is 1. The molecule has 1 amide bonds. The number of hydrogen-bond acceptors (Lipinski definition) is 4. The molecule has 174 valence electrons. The van der Waals surface area contributed by atoms with Gasteiger partial charge in [-0.05, 0) is 53.9 Å². The summed E-state index contributed by atoms with van der Waals surface area (Å²) >= 11 is 0. The maximum atomic E-state index is 13.4. The van der Waals surface area contributed by atoms with Gasteiger partial charge in [-0.25, -0.2) is 12.8 Å². The molecule has 34 heavy (non-hydrogen) atoms. The summed E-state index contributed by atoms with van der Waals surface area (Å²) in [5.41, 5.74) is 1.81. The Bertz CT molecular complexity index is 1450. The zero-order valence-corrected chi connectivity index (χ0v) is 19.5. The van der Waals surface area contributed by atoms with Gasteiger partial charge in [0.1, 0.15) is 11.6 Å². The van der Waals surface area contributed by atoms with Crippen molar-refractivity contribution in [1.82, 2.24) is 0 Å². The first-order valence-corrected chi connectivity index (χ1v) is 12.3. The number of methoxy groups -OCH3 is 1. The van der Waals surface area contributed by atoms with Crippen LogP contribution in [-0.4, -0.2) is 27.7 Å². The SMILES string of the molecule is COc1ccc(C(=O)Nc2cccc3ccccc23)cc1CN(c1ccc(F)cc1)S(C)(=O)=O. The fraction of sp³-hybridized carbons (Fsp3) is 0.115. The molecule has 0 unspecified atom stereocenters. The Labute approximate surface area is 197 Å². The van der Waals surface area contributed by atoms with Crippen molar-refractivity contribution in [3.8, 4) is 5.75 Å². The number of carbonyl (C=O) groups is 1. The smallest absolute Gasteiger partial charge is 0.255 e. The van der Waals surface area contributed by atoms with Crippen molar-refractivity contribution in [2.75, 3.05) is 23.0 Å². The van der Waals surface area contributed by atoms with Crippen LogP contribution in [0.4, 0.5) is 15.8 Å². The van der Waals surface area contributed by atoms with Crippen molar-refractivity contribution in [3.63, 3.8) is 0 Å². The third-order valence-electron chi connectivity index (χ3n) is 5.41. The standard InChI is InChI=1S/C26H23FN2O4S/c1-33-25-15-10-19(26(30)28-24-9-5-7-18-6-3-4-8-23(18)24)16-20(25)17-29(34(2,31)32)22-13-11-21(27)12-14-22/h3-16H,17H2,1-2H3,(H,28,30). The third kappa shape index (κ3) is 5.02. The minimum atomic E-state index is -3.71. The van der Waals surface area contributed by atoms with Gasteiger partial charge >= 0.3 is 0 Å². The first-order valence-electron chi connectivity index (χ1n) is 10.5. The van der Waals surface area contributed by atoms with Crippen LogP contribution in [0.5, 0.6) is 5.75 Å². The maximum absolute atomic E-state index is 13.4. The van der Waals surface area contributed by atoms with E-state index in [0.717, 1.165) is 21.3 Å². The molecular formula is C26H23FN2O4S. The molecule has 4 aromatic carbocycles. The topological polar surface area (TPSA) is 75.7 Å². The van der Waals surface area contributed by atoms with Gasteiger partial charge in [0.2, 0.25) is 10.0 Å². The summed E-state index contributed by atoms with van der Waals surface area (Å²) in [6.45, 7) is -0.0942. The van der Waals surface area contributed by atoms with Gasteiger partial charge in [0.05, 0.1) is 25.6 Å². The highest BCUT2D eigenvalue weighted by Gasteiger charge is 2.21. The van der Waals surface area contributed by atoms with Gasteiger partial charge in [0.15, 0.2) is 0 Å². The van der Waals surface area contributed by atoms with Crippen molar-refractivity contribution in [1.29, 1.82) is 0 Å². The van der Waals surface area contributed by atoms with Crippen LogP contribution in [0.25, 0.3) is 10.8 Å². The van der Waals surface area contributed by atoms with Crippen LogP contribution in [0, 0.1) is 5.82 Å². The predicted octanol–water partition coefficient (Wildman–Crippen LogP) is 5.21. The van der Waals surface area contributed by atoms with E-state index in [2.05, 4.69) is 5.32 Å². The highest BCUT2D eigenvalue weighted by molar-refractivity contribution is 7.92. The van der Waals surface area contributed by atoms with Gasteiger partial charge < -0.3 is 10.1 Å². The molecule has 0 saturated heterocycles. The number of nitrogens with zero attached hydrogens (tertiary/aromatic N) is 1. The lowest BCUT2D eigenvalue weighted by Crippen LogP contribution is -2.29. The molecule has 0 aliphatic heterocycles. The average molecular weight is 479 g/mol. The number of benzene rings is 4. The van der Waals surface area contributed by atoms with Crippen LogP contribution < -0.4 is 14.4 Å². The Morgan fingerprint density at radius 2 is 1.68 bits per heavy atom. The van der Waals surface area contributed by atoms with Gasteiger partial charge in [-0.2, -0.15) is 0 Å². The number of rotatable bonds is 7. The number of halogens is 1. The molecule has 0 aliphatic rings. The lowest BCUT2D eigenvalue weighted by atomic mass is 10.1. The number of carbonyl (C=O) groups excluding carboxylic acids is 1. The number of nitrogens with one attached hydrogen (secondary N) is 1. The molecule has 0 heterocycles. The van der Waals surface area contributed by atoms with Gasteiger partial charge in [0.25, 0.3) is 5.91 Å². The summed E-state index contributed by atoms with van der Waals surface area (Å²) in [7, 11) is -2.24. The predicted molar refractivity (Wildman–Crippen MR) is 132 cm³/mol. The fourth-order valence-electron chi connectivity index (χ4n) is 3.73. The quantitative estimate of drug-likeness (QED) is 0.396. The van der Waals surface area contributed by atoms with E-state index in [9.17, 15) is 17.6 Å². The lowest BCUT2D eigenvalue weighted by molar-refractivity contribution is 0.102. The molecule has 0 bridgehead atoms. The summed E-state index contributed by atoms with van der Waals surface area (Å²) < 4.78 is 45.0. The van der Waals surface area contributed by atoms with E-state index in [1.165, 1.54) is 31.4 Å². The highest BCUT2D eigenvalue weighted by atomic mass is 32.2. The summed E-state index contributed by atoms with van der Waals surface area (Å²) in [4.78, 5) is 13.1. The van der Waals surface area contributed by atoms with Crippen LogP contribution in [0.2, 0.25) is 0 Å². The average Bonchev–Trinajstić information content (AvgIpc) is 2.82. The molecule has 1 N–H and O–H groups in total. The third-order valence-corrected chi connectivity index (χ3v) is 6.55. The van der Waals surface area contributed by atoms with E-state index in [1.807, 2.05) is 42.5 Å². The molecule has 0 aliphatic carbocycles. The number of hydrogen-bond donors (Lipinski definition) is 1. The zero-order valence-electron chi connectivity index (χ0n) is 18.7. The molecule has 0 radical (unpaired) electrons. The molecule has 0 fully saturated rings. The van der Waals surface area contributed by atoms with Crippen molar-refractivity contribution < 1.29 is 22.3 Å². The molecule has 0 saturated carbocycles. The first kappa shape index (κ1) is 23.3. The summed E-state index contributed by atoms with van der Waals surface area (Å²) in [5.74, 6) is -0.382. The lowest BCUT2D eigenvalue weighted by Gasteiger charge is -2.24. The van der Waals surface area contributed by atoms with Crippen molar-refractivity contribution in [2.45, 2.75) is 6.54 Å². The van der Waals surface area contributed by atoms with E-state index in [1.54, 1.807) is 18.2 Å². The van der Waals surface area contributed by atoms with Crippen LogP contribution in [0.1, 0.15) is 15.9 Å². The maximum Gasteiger partial charge on any atom is 0.255 e. The van der Waals surface area contributed by atoms with Gasteiger partial charge in [-0.3, -0.25) is 9.10 Å².